The molecule has 0 saturated heterocycles. The zero-order valence-corrected chi connectivity index (χ0v) is 18.0. The summed E-state index contributed by atoms with van der Waals surface area (Å²) < 4.78 is 5.26. The van der Waals surface area contributed by atoms with Crippen LogP contribution in [0, 0.1) is 0 Å². The Bertz CT molecular complexity index is 1120. The van der Waals surface area contributed by atoms with E-state index >= 15 is 0 Å². The van der Waals surface area contributed by atoms with Crippen LogP contribution in [0.3, 0.4) is 0 Å². The van der Waals surface area contributed by atoms with Gasteiger partial charge in [0.05, 0.1) is 0 Å². The van der Waals surface area contributed by atoms with Crippen molar-refractivity contribution in [1.82, 2.24) is 4.58 Å². The van der Waals surface area contributed by atoms with Crippen molar-refractivity contribution < 1.29 is 0 Å². The molecule has 2 aliphatic rings. The first-order chi connectivity index (χ1) is 12.5. The fourth-order valence-corrected chi connectivity index (χ4v) is 6.64. The van der Waals surface area contributed by atoms with Crippen molar-refractivity contribution >= 4 is 34.9 Å². The van der Waals surface area contributed by atoms with Gasteiger partial charge in [0, 0.05) is 0 Å². The van der Waals surface area contributed by atoms with Crippen LogP contribution in [0.15, 0.2) is 66.7 Å². The fourth-order valence-electron chi connectivity index (χ4n) is 3.34. The standard InChI is InChI=1S/C23H23N2Te/c1-24(2)17-10-12-19-21(14-17)26-22-15-18(25(3)4)11-13-20(22)23(19)16-8-6-5-7-9-16/h5-15H,1-4H3/q+1. The molecule has 0 amide bonds. The molecule has 2 aromatic carbocycles. The van der Waals surface area contributed by atoms with Gasteiger partial charge in [-0.05, 0) is 0 Å². The number of fused-ring (bicyclic) bond motifs is 2. The third kappa shape index (κ3) is 3.07. The van der Waals surface area contributed by atoms with E-state index in [0.717, 1.165) is 0 Å². The van der Waals surface area contributed by atoms with E-state index in [1.807, 2.05) is 0 Å². The van der Waals surface area contributed by atoms with Gasteiger partial charge in [0.1, 0.15) is 0 Å². The molecule has 2 nitrogen and oxygen atoms in total. The Morgan fingerprint density at radius 2 is 1.62 bits per heavy atom. The Labute approximate surface area is 164 Å². The maximum atomic E-state index is 2.39. The molecule has 0 radical (unpaired) electrons. The molecular formula is C23H23N2Te+. The molecule has 0 N–H and O–H groups in total. The molecule has 4 rings (SSSR count). The summed E-state index contributed by atoms with van der Waals surface area (Å²) in [5.74, 6) is 0. The molecule has 0 aromatic heterocycles. The second-order valence-corrected chi connectivity index (χ2v) is 10.1. The monoisotopic (exact) mass is 457 g/mol. The van der Waals surface area contributed by atoms with E-state index < -0.39 is 20.4 Å². The van der Waals surface area contributed by atoms with Crippen LogP contribution >= 0.6 is 0 Å². The van der Waals surface area contributed by atoms with Gasteiger partial charge in [0.25, 0.3) is 0 Å². The predicted octanol–water partition coefficient (Wildman–Crippen LogP) is 3.77. The predicted molar refractivity (Wildman–Crippen MR) is 114 cm³/mol. The minimum atomic E-state index is -0.417. The van der Waals surface area contributed by atoms with E-state index in [9.17, 15) is 0 Å². The Morgan fingerprint density at radius 3 is 2.31 bits per heavy atom. The molecule has 1 aliphatic carbocycles. The van der Waals surface area contributed by atoms with Crippen molar-refractivity contribution in [3.63, 3.8) is 0 Å². The molecule has 0 atom stereocenters. The summed E-state index contributed by atoms with van der Waals surface area (Å²) in [4.78, 5) is 2.20. The van der Waals surface area contributed by atoms with E-state index in [1.165, 1.54) is 40.1 Å². The SMILES string of the molecule is CN(C)c1ccc2c(-c3ccccc3)c3ccc(=[N+](C)C)cc-3[te]c2c1. The Hall–Kier alpha value is -2.08. The van der Waals surface area contributed by atoms with Gasteiger partial charge in [-0.1, -0.05) is 0 Å². The number of hydrogen-bond acceptors (Lipinski definition) is 1. The summed E-state index contributed by atoms with van der Waals surface area (Å²) in [5, 5.41) is 2.70. The molecule has 3 heteroatoms. The Morgan fingerprint density at radius 1 is 0.846 bits per heavy atom. The third-order valence-electron chi connectivity index (χ3n) is 4.78. The molecule has 1 heterocycles. The molecule has 0 spiro atoms. The molecule has 26 heavy (non-hydrogen) atoms. The molecule has 0 saturated carbocycles. The first-order valence-electron chi connectivity index (χ1n) is 8.78. The summed E-state index contributed by atoms with van der Waals surface area (Å²) in [7, 11) is 8.46. The number of anilines is 1. The van der Waals surface area contributed by atoms with Gasteiger partial charge in [-0.3, -0.25) is 0 Å². The van der Waals surface area contributed by atoms with Crippen molar-refractivity contribution in [2.45, 2.75) is 0 Å². The molecule has 0 fully saturated rings. The van der Waals surface area contributed by atoms with Crippen LogP contribution in [-0.4, -0.2) is 48.6 Å². The van der Waals surface area contributed by atoms with Crippen molar-refractivity contribution in [2.75, 3.05) is 33.1 Å². The van der Waals surface area contributed by atoms with Crippen molar-refractivity contribution in [3.8, 4) is 20.3 Å². The van der Waals surface area contributed by atoms with Gasteiger partial charge in [-0.15, -0.1) is 0 Å². The second kappa shape index (κ2) is 6.91. The van der Waals surface area contributed by atoms with Gasteiger partial charge in [0.2, 0.25) is 0 Å². The summed E-state index contributed by atoms with van der Waals surface area (Å²) in [6.07, 6.45) is 0. The summed E-state index contributed by atoms with van der Waals surface area (Å²) in [5.41, 5.74) is 5.38. The molecule has 2 aromatic rings. The average Bonchev–Trinajstić information content (AvgIpc) is 2.65. The van der Waals surface area contributed by atoms with Crippen molar-refractivity contribution in [3.05, 3.63) is 72.1 Å². The van der Waals surface area contributed by atoms with Gasteiger partial charge in [-0.25, -0.2) is 0 Å². The van der Waals surface area contributed by atoms with Crippen LogP contribution < -0.4 is 14.8 Å². The van der Waals surface area contributed by atoms with Crippen LogP contribution in [0.1, 0.15) is 0 Å². The van der Waals surface area contributed by atoms with E-state index in [-0.39, 0.29) is 0 Å². The average molecular weight is 455 g/mol. The quantitative estimate of drug-likeness (QED) is 0.254. The third-order valence-corrected chi connectivity index (χ3v) is 7.97. The van der Waals surface area contributed by atoms with Crippen LogP contribution in [0.25, 0.3) is 29.1 Å². The Kier molecular flexibility index (Phi) is 4.61. The molecule has 0 unspecified atom stereocenters. The van der Waals surface area contributed by atoms with Crippen LogP contribution in [0.2, 0.25) is 0 Å². The second-order valence-electron chi connectivity index (χ2n) is 6.99. The zero-order chi connectivity index (χ0) is 18.3. The zero-order valence-electron chi connectivity index (χ0n) is 15.7. The number of hydrogen-bond donors (Lipinski definition) is 0. The van der Waals surface area contributed by atoms with Crippen LogP contribution in [-0.2, 0) is 0 Å². The summed E-state index contributed by atoms with van der Waals surface area (Å²) in [6, 6.07) is 24.7. The van der Waals surface area contributed by atoms with Crippen LogP contribution in [0.4, 0.5) is 5.69 Å². The summed E-state index contributed by atoms with van der Waals surface area (Å²) in [6.45, 7) is 0. The molecule has 1 aliphatic heterocycles. The Balaban J connectivity index is 2.15. The topological polar surface area (TPSA) is 6.25 Å². The summed E-state index contributed by atoms with van der Waals surface area (Å²) >= 11 is -0.417. The molecule has 130 valence electrons. The first-order valence-corrected chi connectivity index (χ1v) is 11.1. The van der Waals surface area contributed by atoms with E-state index in [2.05, 4.69) is 104 Å². The van der Waals surface area contributed by atoms with Gasteiger partial charge in [0.15, 0.2) is 0 Å². The van der Waals surface area contributed by atoms with E-state index in [1.54, 1.807) is 0 Å². The number of rotatable bonds is 2. The van der Waals surface area contributed by atoms with Gasteiger partial charge >= 0.3 is 165 Å². The first kappa shape index (κ1) is 17.3. The van der Waals surface area contributed by atoms with Gasteiger partial charge in [-0.2, -0.15) is 0 Å². The van der Waals surface area contributed by atoms with E-state index in [4.69, 9.17) is 0 Å². The van der Waals surface area contributed by atoms with Gasteiger partial charge < -0.3 is 0 Å². The van der Waals surface area contributed by atoms with Crippen molar-refractivity contribution in [2.24, 2.45) is 0 Å². The maximum absolute atomic E-state index is 2.39. The number of nitrogens with zero attached hydrogens (tertiary/aromatic N) is 2. The fraction of sp³-hybridized carbons (Fsp3) is 0.174. The molecule has 0 bridgehead atoms. The van der Waals surface area contributed by atoms with Crippen molar-refractivity contribution in [1.29, 1.82) is 0 Å². The normalized spacial score (nSPS) is 11.1. The minimum absolute atomic E-state index is 0.417. The molecular weight excluding hydrogens is 432 g/mol. The van der Waals surface area contributed by atoms with E-state index in [0.29, 0.717) is 0 Å². The van der Waals surface area contributed by atoms with Crippen LogP contribution in [0.5, 0.6) is 0 Å². The number of benzene rings is 3.